The summed E-state index contributed by atoms with van der Waals surface area (Å²) >= 11 is 0. The molecule has 1 aromatic heterocycles. The summed E-state index contributed by atoms with van der Waals surface area (Å²) in [7, 11) is 3.25. The van der Waals surface area contributed by atoms with Gasteiger partial charge in [-0.25, -0.2) is 0 Å². The summed E-state index contributed by atoms with van der Waals surface area (Å²) in [4.78, 5) is 4.52. The third kappa shape index (κ3) is 2.31. The van der Waals surface area contributed by atoms with Gasteiger partial charge in [-0.1, -0.05) is 6.42 Å². The molecule has 5 rings (SSSR count). The highest BCUT2D eigenvalue weighted by atomic mass is 16.5. The number of aromatic hydroxyl groups is 1. The number of fused-ring (bicyclic) bond motifs is 7. The minimum absolute atomic E-state index is 0.113. The van der Waals surface area contributed by atoms with Gasteiger partial charge in [-0.15, -0.1) is 0 Å². The number of rotatable bonds is 2. The molecule has 140 valence electrons. The predicted molar refractivity (Wildman–Crippen MR) is 104 cm³/mol. The van der Waals surface area contributed by atoms with E-state index < -0.39 is 6.10 Å². The molecule has 1 heterocycles. The van der Waals surface area contributed by atoms with Crippen LogP contribution >= 0.6 is 0 Å². The second-order valence-electron chi connectivity index (χ2n) is 7.74. The second-order valence-corrected chi connectivity index (χ2v) is 7.74. The molecule has 2 aliphatic carbocycles. The van der Waals surface area contributed by atoms with Crippen LogP contribution in [-0.4, -0.2) is 29.4 Å². The van der Waals surface area contributed by atoms with E-state index in [0.717, 1.165) is 52.1 Å². The minimum Gasteiger partial charge on any atom is -0.506 e. The van der Waals surface area contributed by atoms with Gasteiger partial charge < -0.3 is 19.7 Å². The van der Waals surface area contributed by atoms with Crippen molar-refractivity contribution in [1.29, 1.82) is 0 Å². The van der Waals surface area contributed by atoms with Gasteiger partial charge in [-0.2, -0.15) is 0 Å². The fourth-order valence-electron chi connectivity index (χ4n) is 5.26. The Labute approximate surface area is 157 Å². The Morgan fingerprint density at radius 3 is 2.48 bits per heavy atom. The fourth-order valence-corrected chi connectivity index (χ4v) is 5.26. The summed E-state index contributed by atoms with van der Waals surface area (Å²) in [5.74, 6) is 2.24. The Morgan fingerprint density at radius 2 is 1.74 bits per heavy atom. The van der Waals surface area contributed by atoms with E-state index in [9.17, 15) is 10.2 Å². The van der Waals surface area contributed by atoms with Gasteiger partial charge in [0.1, 0.15) is 5.75 Å². The van der Waals surface area contributed by atoms with Crippen LogP contribution in [0.5, 0.6) is 17.2 Å². The molecule has 3 aromatic rings. The summed E-state index contributed by atoms with van der Waals surface area (Å²) in [6.07, 6.45) is 5.29. The van der Waals surface area contributed by atoms with Crippen LogP contribution in [0, 0.1) is 11.8 Å². The molecule has 27 heavy (non-hydrogen) atoms. The third-order valence-electron chi connectivity index (χ3n) is 6.48. The molecule has 5 heteroatoms. The monoisotopic (exact) mass is 365 g/mol. The van der Waals surface area contributed by atoms with Crippen LogP contribution < -0.4 is 9.47 Å². The average Bonchev–Trinajstić information content (AvgIpc) is 3.16. The first-order valence-electron chi connectivity index (χ1n) is 9.49. The van der Waals surface area contributed by atoms with E-state index in [4.69, 9.17) is 9.47 Å². The first-order chi connectivity index (χ1) is 13.1. The average molecular weight is 365 g/mol. The molecule has 0 spiro atoms. The van der Waals surface area contributed by atoms with E-state index in [0.29, 0.717) is 23.3 Å². The van der Waals surface area contributed by atoms with Crippen molar-refractivity contribution in [3.8, 4) is 17.2 Å². The molecule has 1 saturated carbocycles. The van der Waals surface area contributed by atoms with Gasteiger partial charge in [0.15, 0.2) is 11.5 Å². The topological polar surface area (TPSA) is 71.8 Å². The van der Waals surface area contributed by atoms with Gasteiger partial charge in [0.05, 0.1) is 32.0 Å². The number of aromatic nitrogens is 1. The zero-order valence-electron chi connectivity index (χ0n) is 15.5. The normalized spacial score (nSPS) is 24.0. The maximum absolute atomic E-state index is 11.2. The van der Waals surface area contributed by atoms with E-state index >= 15 is 0 Å². The van der Waals surface area contributed by atoms with E-state index in [-0.39, 0.29) is 5.75 Å². The standard InChI is InChI=1S/C22H23NO4/c1-26-18-8-14-15(9-19(18)27-2)17-7-12(24)10-23-21(17)20-16(14)6-11-4-3-5-13(11)22(20)25/h7-11,13,22,24-25H,3-6H2,1-2H3/t11?,13-,22-/m0/s1. The van der Waals surface area contributed by atoms with E-state index in [1.807, 2.05) is 12.1 Å². The number of aliphatic hydroxyl groups excluding tert-OH is 1. The molecule has 0 aliphatic heterocycles. The summed E-state index contributed by atoms with van der Waals surface area (Å²) < 4.78 is 11.0. The Bertz CT molecular complexity index is 1060. The van der Waals surface area contributed by atoms with Gasteiger partial charge in [-0.3, -0.25) is 4.98 Å². The van der Waals surface area contributed by atoms with Gasteiger partial charge in [0.25, 0.3) is 0 Å². The number of aliphatic hydroxyl groups is 1. The number of pyridine rings is 1. The summed E-state index contributed by atoms with van der Waals surface area (Å²) in [5.41, 5.74) is 2.86. The van der Waals surface area contributed by atoms with Crippen molar-refractivity contribution in [2.24, 2.45) is 11.8 Å². The lowest BCUT2D eigenvalue weighted by Gasteiger charge is -2.34. The molecular weight excluding hydrogens is 342 g/mol. The first-order valence-corrected chi connectivity index (χ1v) is 9.49. The van der Waals surface area contributed by atoms with Gasteiger partial charge >= 0.3 is 0 Å². The zero-order valence-corrected chi connectivity index (χ0v) is 15.5. The number of ether oxygens (including phenoxy) is 2. The lowest BCUT2D eigenvalue weighted by Crippen LogP contribution is -2.26. The lowest BCUT2D eigenvalue weighted by molar-refractivity contribution is 0.0758. The Hall–Kier alpha value is -2.53. The fraction of sp³-hybridized carbons (Fsp3) is 0.409. The second kappa shape index (κ2) is 5.99. The predicted octanol–water partition coefficient (Wildman–Crippen LogP) is 4.12. The number of hydrogen-bond donors (Lipinski definition) is 2. The van der Waals surface area contributed by atoms with Crippen LogP contribution in [0.2, 0.25) is 0 Å². The maximum Gasteiger partial charge on any atom is 0.161 e. The van der Waals surface area contributed by atoms with Crippen LogP contribution in [0.1, 0.15) is 36.5 Å². The van der Waals surface area contributed by atoms with Crippen molar-refractivity contribution >= 4 is 21.7 Å². The zero-order chi connectivity index (χ0) is 18.7. The van der Waals surface area contributed by atoms with E-state index in [2.05, 4.69) is 4.98 Å². The largest absolute Gasteiger partial charge is 0.506 e. The molecule has 2 aliphatic rings. The van der Waals surface area contributed by atoms with Gasteiger partial charge in [0.2, 0.25) is 0 Å². The quantitative estimate of drug-likeness (QED) is 0.669. The number of hydrogen-bond acceptors (Lipinski definition) is 5. The number of methoxy groups -OCH3 is 2. The molecule has 0 saturated heterocycles. The molecule has 0 bridgehead atoms. The molecule has 1 unspecified atom stereocenters. The first kappa shape index (κ1) is 16.6. The summed E-state index contributed by atoms with van der Waals surface area (Å²) in [5, 5.41) is 24.1. The molecule has 0 amide bonds. The molecule has 0 radical (unpaired) electrons. The lowest BCUT2D eigenvalue weighted by atomic mass is 9.73. The third-order valence-corrected chi connectivity index (χ3v) is 6.48. The van der Waals surface area contributed by atoms with Crippen LogP contribution in [0.15, 0.2) is 24.4 Å². The highest BCUT2D eigenvalue weighted by molar-refractivity contribution is 6.11. The number of nitrogens with zero attached hydrogens (tertiary/aromatic N) is 1. The molecule has 5 nitrogen and oxygen atoms in total. The molecule has 3 atom stereocenters. The van der Waals surface area contributed by atoms with Crippen LogP contribution in [0.3, 0.4) is 0 Å². The molecule has 1 fully saturated rings. The van der Waals surface area contributed by atoms with Crippen molar-refractivity contribution in [2.75, 3.05) is 14.2 Å². The van der Waals surface area contributed by atoms with Gasteiger partial charge in [0, 0.05) is 10.9 Å². The van der Waals surface area contributed by atoms with E-state index in [1.165, 1.54) is 12.6 Å². The summed E-state index contributed by atoms with van der Waals surface area (Å²) in [6.45, 7) is 0. The van der Waals surface area contributed by atoms with E-state index in [1.54, 1.807) is 20.3 Å². The van der Waals surface area contributed by atoms with Gasteiger partial charge in [-0.05, 0) is 65.6 Å². The maximum atomic E-state index is 11.2. The van der Waals surface area contributed by atoms with Crippen molar-refractivity contribution < 1.29 is 19.7 Å². The van der Waals surface area contributed by atoms with Crippen molar-refractivity contribution in [1.82, 2.24) is 4.98 Å². The van der Waals surface area contributed by atoms with Crippen LogP contribution in [0.4, 0.5) is 0 Å². The highest BCUT2D eigenvalue weighted by Gasteiger charge is 2.40. The Morgan fingerprint density at radius 1 is 1.00 bits per heavy atom. The smallest absolute Gasteiger partial charge is 0.161 e. The van der Waals surface area contributed by atoms with Crippen molar-refractivity contribution in [2.45, 2.75) is 31.8 Å². The molecule has 2 aromatic carbocycles. The minimum atomic E-state index is -0.515. The number of benzene rings is 2. The Kier molecular flexibility index (Phi) is 3.69. The van der Waals surface area contributed by atoms with Crippen molar-refractivity contribution in [3.63, 3.8) is 0 Å². The molecule has 2 N–H and O–H groups in total. The summed E-state index contributed by atoms with van der Waals surface area (Å²) in [6, 6.07) is 5.67. The van der Waals surface area contributed by atoms with Crippen LogP contribution in [0.25, 0.3) is 21.7 Å². The Balaban J connectivity index is 1.93. The van der Waals surface area contributed by atoms with Crippen molar-refractivity contribution in [3.05, 3.63) is 35.5 Å². The van der Waals surface area contributed by atoms with Crippen LogP contribution in [-0.2, 0) is 6.42 Å². The SMILES string of the molecule is COc1cc2c3c(c4ncc(O)cc4c2cc1OC)[C@@H](O)[C@H]1CCCC1C3. The molecular formula is C22H23NO4. The highest BCUT2D eigenvalue weighted by Crippen LogP contribution is 2.52.